The second kappa shape index (κ2) is 7.39. The fourth-order valence-electron chi connectivity index (χ4n) is 3.24. The first-order valence-corrected chi connectivity index (χ1v) is 8.06. The fraction of sp³-hybridized carbons (Fsp3) is 0.667. The number of hydrogen-bond acceptors (Lipinski definition) is 3. The van der Waals surface area contributed by atoms with Gasteiger partial charge in [0.1, 0.15) is 0 Å². The average molecular weight is 290 g/mol. The van der Waals surface area contributed by atoms with Crippen molar-refractivity contribution < 1.29 is 4.74 Å². The molecule has 1 aromatic rings. The second-order valence-corrected chi connectivity index (χ2v) is 6.94. The van der Waals surface area contributed by atoms with Crippen molar-refractivity contribution in [2.24, 2.45) is 0 Å². The summed E-state index contributed by atoms with van der Waals surface area (Å²) < 4.78 is 5.52. The van der Waals surface area contributed by atoms with Crippen molar-refractivity contribution in [2.75, 3.05) is 20.2 Å². The van der Waals surface area contributed by atoms with Crippen LogP contribution in [0.1, 0.15) is 39.2 Å². The molecule has 1 aromatic carbocycles. The number of ether oxygens (including phenoxy) is 1. The molecule has 0 aliphatic carbocycles. The maximum atomic E-state index is 5.52. The van der Waals surface area contributed by atoms with E-state index in [0.717, 1.165) is 19.5 Å². The normalized spacial score (nSPS) is 21.6. The Morgan fingerprint density at radius 3 is 2.71 bits per heavy atom. The van der Waals surface area contributed by atoms with Gasteiger partial charge in [-0.15, -0.1) is 0 Å². The molecule has 2 rings (SSSR count). The minimum absolute atomic E-state index is 0.0469. The highest BCUT2D eigenvalue weighted by Crippen LogP contribution is 2.18. The first-order valence-electron chi connectivity index (χ1n) is 8.06. The molecule has 0 aromatic heterocycles. The van der Waals surface area contributed by atoms with E-state index in [2.05, 4.69) is 61.3 Å². The molecule has 2 unspecified atom stereocenters. The topological polar surface area (TPSA) is 24.5 Å². The van der Waals surface area contributed by atoms with Crippen LogP contribution in [-0.4, -0.2) is 42.8 Å². The van der Waals surface area contributed by atoms with Crippen LogP contribution in [0, 0.1) is 0 Å². The molecule has 1 saturated heterocycles. The molecule has 1 aliphatic heterocycles. The first kappa shape index (κ1) is 16.5. The Kier molecular flexibility index (Phi) is 5.80. The molecule has 118 valence electrons. The van der Waals surface area contributed by atoms with Crippen molar-refractivity contribution in [1.82, 2.24) is 10.2 Å². The van der Waals surface area contributed by atoms with Gasteiger partial charge in [0.25, 0.3) is 0 Å². The zero-order valence-corrected chi connectivity index (χ0v) is 13.9. The van der Waals surface area contributed by atoms with Crippen molar-refractivity contribution in [2.45, 2.75) is 57.8 Å². The van der Waals surface area contributed by atoms with Gasteiger partial charge in [0.15, 0.2) is 0 Å². The number of hydrogen-bond donors (Lipinski definition) is 1. The molecular weight excluding hydrogens is 260 g/mol. The van der Waals surface area contributed by atoms with E-state index in [1.165, 1.54) is 18.5 Å². The Balaban J connectivity index is 1.75. The summed E-state index contributed by atoms with van der Waals surface area (Å²) in [6.07, 6.45) is 2.28. The Morgan fingerprint density at radius 2 is 2.05 bits per heavy atom. The van der Waals surface area contributed by atoms with Crippen LogP contribution in [0.2, 0.25) is 0 Å². The Morgan fingerprint density at radius 1 is 1.33 bits per heavy atom. The highest BCUT2D eigenvalue weighted by Gasteiger charge is 2.26. The van der Waals surface area contributed by atoms with Gasteiger partial charge in [0.05, 0.1) is 5.60 Å². The summed E-state index contributed by atoms with van der Waals surface area (Å²) >= 11 is 0. The van der Waals surface area contributed by atoms with Gasteiger partial charge in [0.2, 0.25) is 0 Å². The van der Waals surface area contributed by atoms with Crippen LogP contribution in [0.15, 0.2) is 30.3 Å². The fourth-order valence-corrected chi connectivity index (χ4v) is 3.24. The predicted octanol–water partition coefficient (Wildman–Crippen LogP) is 3.05. The number of nitrogens with one attached hydrogen (secondary N) is 1. The standard InChI is InChI=1S/C18H30N2O/c1-15(12-18(2,3)21-4)19-17-10-11-20(14-17)13-16-8-6-5-7-9-16/h5-9,15,17,19H,10-14H2,1-4H3. The van der Waals surface area contributed by atoms with Gasteiger partial charge in [0, 0.05) is 38.8 Å². The summed E-state index contributed by atoms with van der Waals surface area (Å²) in [5.74, 6) is 0. The second-order valence-electron chi connectivity index (χ2n) is 6.94. The van der Waals surface area contributed by atoms with E-state index < -0.39 is 0 Å². The Labute approximate surface area is 129 Å². The summed E-state index contributed by atoms with van der Waals surface area (Å²) in [6.45, 7) is 9.97. The molecule has 2 atom stereocenters. The molecule has 21 heavy (non-hydrogen) atoms. The van der Waals surface area contributed by atoms with E-state index in [1.807, 2.05) is 0 Å². The van der Waals surface area contributed by atoms with Crippen molar-refractivity contribution in [3.8, 4) is 0 Å². The van der Waals surface area contributed by atoms with Crippen molar-refractivity contribution in [1.29, 1.82) is 0 Å². The number of likely N-dealkylation sites (tertiary alicyclic amines) is 1. The van der Waals surface area contributed by atoms with Crippen LogP contribution in [-0.2, 0) is 11.3 Å². The third-order valence-corrected chi connectivity index (χ3v) is 4.39. The average Bonchev–Trinajstić information content (AvgIpc) is 2.86. The lowest BCUT2D eigenvalue weighted by atomic mass is 9.99. The lowest BCUT2D eigenvalue weighted by molar-refractivity contribution is 0.00777. The van der Waals surface area contributed by atoms with Gasteiger partial charge in [-0.3, -0.25) is 4.90 Å². The van der Waals surface area contributed by atoms with E-state index >= 15 is 0 Å². The summed E-state index contributed by atoms with van der Waals surface area (Å²) in [6, 6.07) is 11.8. The lowest BCUT2D eigenvalue weighted by Crippen LogP contribution is -2.42. The zero-order valence-electron chi connectivity index (χ0n) is 13.9. The van der Waals surface area contributed by atoms with Gasteiger partial charge in [-0.25, -0.2) is 0 Å². The summed E-state index contributed by atoms with van der Waals surface area (Å²) in [5.41, 5.74) is 1.36. The molecule has 3 heteroatoms. The molecule has 0 saturated carbocycles. The maximum Gasteiger partial charge on any atom is 0.0637 e. The van der Waals surface area contributed by atoms with Crippen LogP contribution in [0.5, 0.6) is 0 Å². The molecule has 1 aliphatic rings. The van der Waals surface area contributed by atoms with Crippen LogP contribution in [0.3, 0.4) is 0 Å². The Bertz CT molecular complexity index is 418. The van der Waals surface area contributed by atoms with Gasteiger partial charge in [-0.05, 0) is 39.2 Å². The molecule has 1 N–H and O–H groups in total. The largest absolute Gasteiger partial charge is 0.379 e. The van der Waals surface area contributed by atoms with E-state index in [9.17, 15) is 0 Å². The van der Waals surface area contributed by atoms with E-state index in [4.69, 9.17) is 4.74 Å². The summed E-state index contributed by atoms with van der Waals surface area (Å²) in [5, 5.41) is 3.76. The SMILES string of the molecule is COC(C)(C)CC(C)NC1CCN(Cc2ccccc2)C1. The van der Waals surface area contributed by atoms with Crippen LogP contribution < -0.4 is 5.32 Å². The highest BCUT2D eigenvalue weighted by molar-refractivity contribution is 5.14. The molecular formula is C18H30N2O. The van der Waals surface area contributed by atoms with E-state index in [-0.39, 0.29) is 5.60 Å². The Hall–Kier alpha value is -0.900. The minimum atomic E-state index is -0.0469. The maximum absolute atomic E-state index is 5.52. The number of nitrogens with zero attached hydrogens (tertiary/aromatic N) is 1. The third-order valence-electron chi connectivity index (χ3n) is 4.39. The summed E-state index contributed by atoms with van der Waals surface area (Å²) in [4.78, 5) is 2.54. The van der Waals surface area contributed by atoms with Crippen LogP contribution in [0.25, 0.3) is 0 Å². The first-order chi connectivity index (χ1) is 9.98. The monoisotopic (exact) mass is 290 g/mol. The quantitative estimate of drug-likeness (QED) is 0.835. The number of methoxy groups -OCH3 is 1. The molecule has 0 amide bonds. The van der Waals surface area contributed by atoms with Crippen molar-refractivity contribution >= 4 is 0 Å². The molecule has 1 heterocycles. The van der Waals surface area contributed by atoms with E-state index in [0.29, 0.717) is 12.1 Å². The lowest BCUT2D eigenvalue weighted by Gasteiger charge is -2.29. The minimum Gasteiger partial charge on any atom is -0.379 e. The molecule has 0 radical (unpaired) electrons. The van der Waals surface area contributed by atoms with Crippen molar-refractivity contribution in [3.05, 3.63) is 35.9 Å². The van der Waals surface area contributed by atoms with Gasteiger partial charge in [-0.1, -0.05) is 30.3 Å². The van der Waals surface area contributed by atoms with Gasteiger partial charge < -0.3 is 10.1 Å². The number of benzene rings is 1. The van der Waals surface area contributed by atoms with Gasteiger partial charge >= 0.3 is 0 Å². The van der Waals surface area contributed by atoms with Crippen molar-refractivity contribution in [3.63, 3.8) is 0 Å². The third kappa shape index (κ3) is 5.42. The molecule has 1 fully saturated rings. The van der Waals surface area contributed by atoms with E-state index in [1.54, 1.807) is 7.11 Å². The van der Waals surface area contributed by atoms with Crippen LogP contribution in [0.4, 0.5) is 0 Å². The smallest absolute Gasteiger partial charge is 0.0637 e. The molecule has 3 nitrogen and oxygen atoms in total. The predicted molar refractivity (Wildman–Crippen MR) is 88.4 cm³/mol. The molecule has 0 spiro atoms. The number of rotatable bonds is 7. The molecule has 0 bridgehead atoms. The zero-order chi connectivity index (χ0) is 15.3. The van der Waals surface area contributed by atoms with Gasteiger partial charge in [-0.2, -0.15) is 0 Å². The summed E-state index contributed by atoms with van der Waals surface area (Å²) in [7, 11) is 1.80. The van der Waals surface area contributed by atoms with Crippen LogP contribution >= 0.6 is 0 Å². The highest BCUT2D eigenvalue weighted by atomic mass is 16.5.